The van der Waals surface area contributed by atoms with Crippen molar-refractivity contribution in [3.63, 3.8) is 0 Å². The van der Waals surface area contributed by atoms with Gasteiger partial charge in [-0.25, -0.2) is 4.79 Å². The van der Waals surface area contributed by atoms with Gasteiger partial charge in [0.05, 0.1) is 6.61 Å². The largest absolute Gasteiger partial charge is 0.499 e. The minimum absolute atomic E-state index is 0.126. The lowest BCUT2D eigenvalue weighted by Gasteiger charge is -2.38. The summed E-state index contributed by atoms with van der Waals surface area (Å²) >= 11 is 0. The van der Waals surface area contributed by atoms with Gasteiger partial charge in [0.25, 0.3) is 0 Å². The van der Waals surface area contributed by atoms with E-state index in [1.165, 1.54) is 0 Å². The first kappa shape index (κ1) is 15.8. The van der Waals surface area contributed by atoms with Crippen LogP contribution < -0.4 is 0 Å². The molecular weight excluding hydrogens is 300 g/mol. The Bertz CT molecular complexity index is 607. The topological polar surface area (TPSA) is 74.2 Å². The number of hydrogen-bond acceptors (Lipinski definition) is 6. The zero-order chi connectivity index (χ0) is 16.4. The van der Waals surface area contributed by atoms with Crippen molar-refractivity contribution in [3.05, 3.63) is 47.4 Å². The summed E-state index contributed by atoms with van der Waals surface area (Å²) < 4.78 is 22.2. The van der Waals surface area contributed by atoms with Crippen molar-refractivity contribution in [1.29, 1.82) is 0 Å². The van der Waals surface area contributed by atoms with E-state index < -0.39 is 29.7 Å². The molecule has 2 unspecified atom stereocenters. The highest BCUT2D eigenvalue weighted by Crippen LogP contribution is 2.33. The van der Waals surface area contributed by atoms with Crippen LogP contribution in [0.15, 0.2) is 41.9 Å². The Labute approximate surface area is 134 Å². The van der Waals surface area contributed by atoms with Crippen molar-refractivity contribution in [2.75, 3.05) is 6.61 Å². The molecule has 2 aliphatic heterocycles. The summed E-state index contributed by atoms with van der Waals surface area (Å²) in [6.07, 6.45) is -0.625. The van der Waals surface area contributed by atoms with Gasteiger partial charge >= 0.3 is 5.97 Å². The molecule has 1 aromatic rings. The van der Waals surface area contributed by atoms with Crippen LogP contribution in [0.3, 0.4) is 0 Å². The number of aliphatic hydroxyl groups excluding tert-OH is 1. The number of rotatable bonds is 4. The number of carbonyl (C=O) groups excluding carboxylic acids is 1. The molecule has 2 aliphatic rings. The van der Waals surface area contributed by atoms with Crippen molar-refractivity contribution >= 4 is 5.97 Å². The third kappa shape index (κ3) is 3.48. The van der Waals surface area contributed by atoms with Crippen molar-refractivity contribution in [1.82, 2.24) is 0 Å². The predicted octanol–water partition coefficient (Wildman–Crippen LogP) is 2.44. The van der Waals surface area contributed by atoms with E-state index in [1.807, 2.05) is 30.3 Å². The van der Waals surface area contributed by atoms with E-state index in [1.54, 1.807) is 13.8 Å². The summed E-state index contributed by atoms with van der Waals surface area (Å²) in [6, 6.07) is 9.50. The van der Waals surface area contributed by atoms with Gasteiger partial charge in [-0.05, 0) is 19.4 Å². The van der Waals surface area contributed by atoms with Gasteiger partial charge in [0.2, 0.25) is 5.76 Å². The van der Waals surface area contributed by atoms with Gasteiger partial charge in [0.1, 0.15) is 12.7 Å². The zero-order valence-corrected chi connectivity index (χ0v) is 13.2. The zero-order valence-electron chi connectivity index (χ0n) is 13.2. The molecular formula is C17H20O6. The van der Waals surface area contributed by atoms with E-state index in [0.717, 1.165) is 5.56 Å². The van der Waals surface area contributed by atoms with Gasteiger partial charge in [-0.3, -0.25) is 0 Å². The number of hydrogen-bond donors (Lipinski definition) is 1. The lowest BCUT2D eigenvalue weighted by Crippen LogP contribution is -2.46. The van der Waals surface area contributed by atoms with Gasteiger partial charge in [-0.1, -0.05) is 30.3 Å². The normalized spacial score (nSPS) is 27.0. The first-order valence-corrected chi connectivity index (χ1v) is 7.59. The third-order valence-electron chi connectivity index (χ3n) is 3.78. The lowest BCUT2D eigenvalue weighted by atomic mass is 10.1. The van der Waals surface area contributed by atoms with Crippen molar-refractivity contribution in [2.24, 2.45) is 0 Å². The standard InChI is InChI=1S/C17H20O6/c1-17(2)21-9-8-12(23-17)14-15(13(18)16(19)22-14)20-10-11-6-4-3-5-7-11/h3-7,12,14,18H,8-10H2,1-2H3. The summed E-state index contributed by atoms with van der Waals surface area (Å²) in [6.45, 7) is 4.31. The maximum absolute atomic E-state index is 11.7. The quantitative estimate of drug-likeness (QED) is 0.859. The number of aliphatic hydroxyl groups is 1. The molecule has 124 valence electrons. The molecule has 0 aromatic heterocycles. The Hall–Kier alpha value is -2.05. The molecule has 0 spiro atoms. The van der Waals surface area contributed by atoms with Crippen LogP contribution in [0, 0.1) is 0 Å². The van der Waals surface area contributed by atoms with Gasteiger partial charge < -0.3 is 24.1 Å². The fourth-order valence-electron chi connectivity index (χ4n) is 2.68. The monoisotopic (exact) mass is 320 g/mol. The van der Waals surface area contributed by atoms with E-state index >= 15 is 0 Å². The van der Waals surface area contributed by atoms with Crippen LogP contribution >= 0.6 is 0 Å². The minimum atomic E-state index is -0.786. The van der Waals surface area contributed by atoms with Crippen LogP contribution in [0.1, 0.15) is 25.8 Å². The molecule has 0 saturated carbocycles. The van der Waals surface area contributed by atoms with Crippen LogP contribution in [-0.2, 0) is 30.3 Å². The molecule has 0 bridgehead atoms. The fraction of sp³-hybridized carbons (Fsp3) is 0.471. The van der Waals surface area contributed by atoms with E-state index in [4.69, 9.17) is 18.9 Å². The van der Waals surface area contributed by atoms with E-state index in [9.17, 15) is 9.90 Å². The van der Waals surface area contributed by atoms with E-state index in [-0.39, 0.29) is 12.4 Å². The highest BCUT2D eigenvalue weighted by atomic mass is 16.7. The maximum Gasteiger partial charge on any atom is 0.378 e. The summed E-state index contributed by atoms with van der Waals surface area (Å²) in [5, 5.41) is 9.96. The van der Waals surface area contributed by atoms with E-state index in [2.05, 4.69) is 0 Å². The smallest absolute Gasteiger partial charge is 0.378 e. The molecule has 1 saturated heterocycles. The van der Waals surface area contributed by atoms with Gasteiger partial charge in [-0.15, -0.1) is 0 Å². The molecule has 6 heteroatoms. The third-order valence-corrected chi connectivity index (χ3v) is 3.78. The SMILES string of the molecule is CC1(C)OCCC(C2OC(=O)C(O)=C2OCc2ccccc2)O1. The molecule has 3 rings (SSSR count). The number of ether oxygens (including phenoxy) is 4. The average Bonchev–Trinajstić information content (AvgIpc) is 2.81. The second-order valence-corrected chi connectivity index (χ2v) is 6.01. The Morgan fingerprint density at radius 2 is 2.04 bits per heavy atom. The van der Waals surface area contributed by atoms with Crippen LogP contribution in [0.4, 0.5) is 0 Å². The molecule has 0 aliphatic carbocycles. The molecule has 23 heavy (non-hydrogen) atoms. The predicted molar refractivity (Wildman–Crippen MR) is 80.3 cm³/mol. The summed E-state index contributed by atoms with van der Waals surface area (Å²) in [5.74, 6) is -1.91. The first-order chi connectivity index (χ1) is 11.0. The Balaban J connectivity index is 1.74. The Morgan fingerprint density at radius 1 is 1.30 bits per heavy atom. The van der Waals surface area contributed by atoms with Gasteiger partial charge in [0.15, 0.2) is 17.7 Å². The maximum atomic E-state index is 11.7. The summed E-state index contributed by atoms with van der Waals surface area (Å²) in [4.78, 5) is 11.7. The molecule has 1 N–H and O–H groups in total. The van der Waals surface area contributed by atoms with E-state index in [0.29, 0.717) is 13.0 Å². The molecule has 1 fully saturated rings. The molecule has 0 amide bonds. The Kier molecular flexibility index (Phi) is 4.28. The lowest BCUT2D eigenvalue weighted by molar-refractivity contribution is -0.287. The highest BCUT2D eigenvalue weighted by molar-refractivity contribution is 5.89. The number of carbonyl (C=O) groups is 1. The molecule has 2 atom stereocenters. The van der Waals surface area contributed by atoms with Gasteiger partial charge in [-0.2, -0.15) is 0 Å². The van der Waals surface area contributed by atoms with Crippen molar-refractivity contribution in [3.8, 4) is 0 Å². The first-order valence-electron chi connectivity index (χ1n) is 7.59. The molecule has 2 heterocycles. The van der Waals surface area contributed by atoms with Crippen LogP contribution in [0.2, 0.25) is 0 Å². The number of benzene rings is 1. The minimum Gasteiger partial charge on any atom is -0.499 e. The van der Waals surface area contributed by atoms with Crippen LogP contribution in [0.25, 0.3) is 0 Å². The van der Waals surface area contributed by atoms with Crippen LogP contribution in [0.5, 0.6) is 0 Å². The van der Waals surface area contributed by atoms with Crippen molar-refractivity contribution in [2.45, 2.75) is 44.9 Å². The second-order valence-electron chi connectivity index (χ2n) is 6.01. The highest BCUT2D eigenvalue weighted by Gasteiger charge is 2.45. The number of esters is 1. The fourth-order valence-corrected chi connectivity index (χ4v) is 2.68. The second kappa shape index (κ2) is 6.22. The molecule has 1 aromatic carbocycles. The number of cyclic esters (lactones) is 1. The van der Waals surface area contributed by atoms with Crippen molar-refractivity contribution < 1.29 is 28.8 Å². The molecule has 0 radical (unpaired) electrons. The summed E-state index contributed by atoms with van der Waals surface area (Å²) in [7, 11) is 0. The Morgan fingerprint density at radius 3 is 2.74 bits per heavy atom. The molecule has 6 nitrogen and oxygen atoms in total. The summed E-state index contributed by atoms with van der Waals surface area (Å²) in [5.41, 5.74) is 0.930. The van der Waals surface area contributed by atoms with Gasteiger partial charge in [0, 0.05) is 6.42 Å². The van der Waals surface area contributed by atoms with Crippen LogP contribution in [-0.4, -0.2) is 35.7 Å². The average molecular weight is 320 g/mol.